The summed E-state index contributed by atoms with van der Waals surface area (Å²) < 4.78 is 5.12. The van der Waals surface area contributed by atoms with Gasteiger partial charge in [-0.15, -0.1) is 11.3 Å². The Morgan fingerprint density at radius 1 is 1.29 bits per heavy atom. The van der Waals surface area contributed by atoms with E-state index in [0.29, 0.717) is 10.6 Å². The van der Waals surface area contributed by atoms with Gasteiger partial charge in [0.25, 0.3) is 5.91 Å². The molecular weight excluding hydrogens is 376 g/mol. The highest BCUT2D eigenvalue weighted by Gasteiger charge is 2.45. The molecule has 0 fully saturated rings. The standard InChI is InChI=1S/C21H18N2O4S/c1-3-13-6-8-14(9-7-13)18-17(19(24)15-5-4-10-28-15)20(25)21(26)23(18)16-11-12(2)27-22-16/h4-11,18,25H,3H2,1-2H3/t18-/m1/s1. The first kappa shape index (κ1) is 18.2. The van der Waals surface area contributed by atoms with E-state index in [9.17, 15) is 14.7 Å². The number of rotatable bonds is 5. The second-order valence-corrected chi connectivity index (χ2v) is 7.48. The van der Waals surface area contributed by atoms with Crippen molar-refractivity contribution in [1.29, 1.82) is 0 Å². The van der Waals surface area contributed by atoms with Crippen LogP contribution in [0.2, 0.25) is 0 Å². The Morgan fingerprint density at radius 3 is 2.61 bits per heavy atom. The highest BCUT2D eigenvalue weighted by Crippen LogP contribution is 2.42. The molecule has 1 aliphatic heterocycles. The number of aliphatic hydroxyl groups is 1. The molecule has 28 heavy (non-hydrogen) atoms. The summed E-state index contributed by atoms with van der Waals surface area (Å²) in [6.07, 6.45) is 0.873. The topological polar surface area (TPSA) is 83.6 Å². The van der Waals surface area contributed by atoms with Crippen molar-refractivity contribution in [3.05, 3.63) is 80.9 Å². The maximum absolute atomic E-state index is 13.1. The van der Waals surface area contributed by atoms with Gasteiger partial charge in [-0.3, -0.25) is 14.5 Å². The number of carbonyl (C=O) groups is 2. The average molecular weight is 394 g/mol. The smallest absolute Gasteiger partial charge is 0.295 e. The summed E-state index contributed by atoms with van der Waals surface area (Å²) in [5.74, 6) is -0.803. The molecule has 0 radical (unpaired) electrons. The van der Waals surface area contributed by atoms with E-state index in [1.54, 1.807) is 30.5 Å². The number of hydrogen-bond acceptors (Lipinski definition) is 6. The largest absolute Gasteiger partial charge is 0.503 e. The lowest BCUT2D eigenvalue weighted by Crippen LogP contribution is -2.31. The van der Waals surface area contributed by atoms with E-state index in [1.807, 2.05) is 24.3 Å². The van der Waals surface area contributed by atoms with Gasteiger partial charge in [-0.25, -0.2) is 0 Å². The fraction of sp³-hybridized carbons (Fsp3) is 0.190. The van der Waals surface area contributed by atoms with Gasteiger partial charge >= 0.3 is 0 Å². The summed E-state index contributed by atoms with van der Waals surface area (Å²) in [6, 6.07) is 11.9. The molecule has 2 aromatic heterocycles. The van der Waals surface area contributed by atoms with Gasteiger partial charge in [0.2, 0.25) is 5.78 Å². The summed E-state index contributed by atoms with van der Waals surface area (Å²) in [7, 11) is 0. The number of aliphatic hydroxyl groups excluding tert-OH is 1. The number of aromatic nitrogens is 1. The Bertz CT molecular complexity index is 1060. The van der Waals surface area contributed by atoms with E-state index < -0.39 is 17.7 Å². The summed E-state index contributed by atoms with van der Waals surface area (Å²) >= 11 is 1.27. The fourth-order valence-electron chi connectivity index (χ4n) is 3.33. The quantitative estimate of drug-likeness (QED) is 0.649. The molecule has 4 rings (SSSR count). The van der Waals surface area contributed by atoms with Crippen LogP contribution in [-0.2, 0) is 11.2 Å². The maximum atomic E-state index is 13.1. The van der Waals surface area contributed by atoms with Crippen LogP contribution in [-0.4, -0.2) is 22.0 Å². The van der Waals surface area contributed by atoms with Crippen LogP contribution in [0.15, 0.2) is 63.7 Å². The predicted molar refractivity (Wildman–Crippen MR) is 106 cm³/mol. The van der Waals surface area contributed by atoms with Crippen molar-refractivity contribution in [2.45, 2.75) is 26.3 Å². The summed E-state index contributed by atoms with van der Waals surface area (Å²) in [5, 5.41) is 16.3. The monoisotopic (exact) mass is 394 g/mol. The fourth-order valence-corrected chi connectivity index (χ4v) is 4.01. The normalized spacial score (nSPS) is 16.9. The Hall–Kier alpha value is -3.19. The van der Waals surface area contributed by atoms with Crippen molar-refractivity contribution in [3.63, 3.8) is 0 Å². The molecule has 0 saturated heterocycles. The second-order valence-electron chi connectivity index (χ2n) is 6.54. The Morgan fingerprint density at radius 2 is 2.04 bits per heavy atom. The molecule has 0 unspecified atom stereocenters. The SMILES string of the molecule is CCc1ccc([C@@H]2C(C(=O)c3cccs3)=C(O)C(=O)N2c2cc(C)on2)cc1. The number of anilines is 1. The molecule has 1 atom stereocenters. The van der Waals surface area contributed by atoms with Crippen LogP contribution < -0.4 is 4.90 Å². The third-order valence-electron chi connectivity index (χ3n) is 4.76. The zero-order valence-corrected chi connectivity index (χ0v) is 16.2. The molecule has 6 nitrogen and oxygen atoms in total. The van der Waals surface area contributed by atoms with Crippen LogP contribution in [0.25, 0.3) is 0 Å². The van der Waals surface area contributed by atoms with Gasteiger partial charge in [0.15, 0.2) is 11.6 Å². The molecule has 7 heteroatoms. The molecule has 3 aromatic rings. The van der Waals surface area contributed by atoms with Gasteiger partial charge in [0.05, 0.1) is 16.5 Å². The molecule has 142 valence electrons. The van der Waals surface area contributed by atoms with Gasteiger partial charge in [-0.1, -0.05) is 42.4 Å². The van der Waals surface area contributed by atoms with Crippen molar-refractivity contribution in [2.24, 2.45) is 0 Å². The van der Waals surface area contributed by atoms with Crippen molar-refractivity contribution >= 4 is 28.8 Å². The van der Waals surface area contributed by atoms with Crippen LogP contribution in [0.4, 0.5) is 5.82 Å². The summed E-state index contributed by atoms with van der Waals surface area (Å²) in [4.78, 5) is 27.8. The first-order valence-corrected chi connectivity index (χ1v) is 9.76. The van der Waals surface area contributed by atoms with Gasteiger partial charge < -0.3 is 9.63 Å². The Kier molecular flexibility index (Phi) is 4.60. The van der Waals surface area contributed by atoms with E-state index in [4.69, 9.17) is 4.52 Å². The van der Waals surface area contributed by atoms with Crippen LogP contribution in [0.1, 0.15) is 39.5 Å². The van der Waals surface area contributed by atoms with Gasteiger partial charge in [0.1, 0.15) is 5.76 Å². The second kappa shape index (κ2) is 7.09. The zero-order chi connectivity index (χ0) is 19.8. The lowest BCUT2D eigenvalue weighted by atomic mass is 9.94. The summed E-state index contributed by atoms with van der Waals surface area (Å²) in [6.45, 7) is 3.77. The molecule has 0 bridgehead atoms. The zero-order valence-electron chi connectivity index (χ0n) is 15.4. The van der Waals surface area contributed by atoms with Crippen molar-refractivity contribution in [1.82, 2.24) is 5.16 Å². The van der Waals surface area contributed by atoms with Crippen molar-refractivity contribution in [3.8, 4) is 0 Å². The molecule has 0 aliphatic carbocycles. The molecule has 0 spiro atoms. The average Bonchev–Trinajstić information content (AvgIpc) is 3.43. The lowest BCUT2D eigenvalue weighted by Gasteiger charge is -2.24. The Balaban J connectivity index is 1.86. The first-order chi connectivity index (χ1) is 13.5. The molecule has 1 N–H and O–H groups in total. The van der Waals surface area contributed by atoms with Crippen LogP contribution >= 0.6 is 11.3 Å². The van der Waals surface area contributed by atoms with E-state index >= 15 is 0 Å². The number of aryl methyl sites for hydroxylation is 2. The number of nitrogens with zero attached hydrogens (tertiary/aromatic N) is 2. The molecular formula is C21H18N2O4S. The number of amides is 1. The molecule has 1 aliphatic rings. The number of benzene rings is 1. The number of hydrogen-bond donors (Lipinski definition) is 1. The number of thiophene rings is 1. The van der Waals surface area contributed by atoms with Crippen molar-refractivity contribution < 1.29 is 19.2 Å². The highest BCUT2D eigenvalue weighted by molar-refractivity contribution is 7.12. The van der Waals surface area contributed by atoms with E-state index in [2.05, 4.69) is 12.1 Å². The Labute approximate surface area is 165 Å². The highest BCUT2D eigenvalue weighted by atomic mass is 32.1. The number of Topliss-reactive ketones (excluding diaryl/α,β-unsaturated/α-hetero) is 1. The first-order valence-electron chi connectivity index (χ1n) is 8.88. The molecule has 1 amide bonds. The van der Waals surface area contributed by atoms with Gasteiger partial charge in [0, 0.05) is 6.07 Å². The minimum absolute atomic E-state index is 0.0531. The maximum Gasteiger partial charge on any atom is 0.295 e. The summed E-state index contributed by atoms with van der Waals surface area (Å²) in [5.41, 5.74) is 1.91. The third kappa shape index (κ3) is 2.93. The minimum Gasteiger partial charge on any atom is -0.503 e. The van der Waals surface area contributed by atoms with Crippen LogP contribution in [0.3, 0.4) is 0 Å². The number of ketones is 1. The van der Waals surface area contributed by atoms with Crippen LogP contribution in [0, 0.1) is 6.92 Å². The number of carbonyl (C=O) groups excluding carboxylic acids is 2. The predicted octanol–water partition coefficient (Wildman–Crippen LogP) is 4.39. The molecule has 3 heterocycles. The van der Waals surface area contributed by atoms with Crippen molar-refractivity contribution in [2.75, 3.05) is 4.90 Å². The molecule has 0 saturated carbocycles. The third-order valence-corrected chi connectivity index (χ3v) is 5.63. The molecule has 1 aromatic carbocycles. The van der Waals surface area contributed by atoms with Gasteiger partial charge in [-0.2, -0.15) is 0 Å². The lowest BCUT2D eigenvalue weighted by molar-refractivity contribution is -0.117. The van der Waals surface area contributed by atoms with E-state index in [0.717, 1.165) is 17.5 Å². The van der Waals surface area contributed by atoms with E-state index in [1.165, 1.54) is 16.2 Å². The minimum atomic E-state index is -0.780. The van der Waals surface area contributed by atoms with E-state index in [-0.39, 0.29) is 17.2 Å². The van der Waals surface area contributed by atoms with Crippen LogP contribution in [0.5, 0.6) is 0 Å². The van der Waals surface area contributed by atoms with Gasteiger partial charge in [-0.05, 0) is 35.9 Å².